The summed E-state index contributed by atoms with van der Waals surface area (Å²) in [4.78, 5) is 13.8. The minimum atomic E-state index is -0.836. The number of anilines is 1. The lowest BCUT2D eigenvalue weighted by Gasteiger charge is -2.26. The highest BCUT2D eigenvalue weighted by atomic mass is 19.1. The molecule has 1 amide bonds. The zero-order chi connectivity index (χ0) is 17.1. The fourth-order valence-corrected chi connectivity index (χ4v) is 2.92. The Hall–Kier alpha value is -2.88. The first-order valence-corrected chi connectivity index (χ1v) is 7.56. The van der Waals surface area contributed by atoms with Gasteiger partial charge in [0.05, 0.1) is 24.4 Å². The van der Waals surface area contributed by atoms with Crippen LogP contribution in [0.25, 0.3) is 0 Å². The van der Waals surface area contributed by atoms with Gasteiger partial charge in [0.1, 0.15) is 17.5 Å². The third-order valence-corrected chi connectivity index (χ3v) is 4.01. The highest BCUT2D eigenvalue weighted by molar-refractivity contribution is 5.86. The van der Waals surface area contributed by atoms with Gasteiger partial charge in [-0.25, -0.2) is 8.78 Å². The summed E-state index contributed by atoms with van der Waals surface area (Å²) in [5.41, 5.74) is -0.351. The molecule has 1 fully saturated rings. The summed E-state index contributed by atoms with van der Waals surface area (Å²) >= 11 is 0. The molecular weight excluding hydrogens is 316 g/mol. The van der Waals surface area contributed by atoms with E-state index in [0.717, 1.165) is 12.1 Å². The molecule has 1 atom stereocenters. The van der Waals surface area contributed by atoms with Gasteiger partial charge < -0.3 is 14.6 Å². The Kier molecular flexibility index (Phi) is 4.47. The third kappa shape index (κ3) is 3.08. The van der Waals surface area contributed by atoms with Crippen LogP contribution in [-0.2, 0) is 11.3 Å². The molecule has 0 saturated carbocycles. The summed E-state index contributed by atoms with van der Waals surface area (Å²) in [5.74, 6) is -1.38. The average molecular weight is 331 g/mol. The van der Waals surface area contributed by atoms with Crippen LogP contribution in [0.2, 0.25) is 0 Å². The Balaban J connectivity index is 1.78. The topological polar surface area (TPSA) is 69.3 Å². The summed E-state index contributed by atoms with van der Waals surface area (Å²) in [6.45, 7) is 0.590. The summed E-state index contributed by atoms with van der Waals surface area (Å²) in [7, 11) is 0. The van der Waals surface area contributed by atoms with Crippen molar-refractivity contribution in [3.05, 3.63) is 53.5 Å². The van der Waals surface area contributed by atoms with E-state index >= 15 is 0 Å². The molecule has 0 aliphatic carbocycles. The molecule has 1 aliphatic rings. The summed E-state index contributed by atoms with van der Waals surface area (Å²) in [5, 5.41) is 11.5. The number of hydrogen-bond donors (Lipinski definition) is 1. The first kappa shape index (κ1) is 16.0. The van der Waals surface area contributed by atoms with Crippen molar-refractivity contribution in [2.75, 3.05) is 11.4 Å². The molecule has 0 radical (unpaired) electrons. The fraction of sp³-hybridized carbons (Fsp3) is 0.294. The molecule has 1 aliphatic heterocycles. The molecule has 3 rings (SSSR count). The number of hydrogen-bond acceptors (Lipinski definition) is 4. The molecule has 2 heterocycles. The molecule has 0 bridgehead atoms. The van der Waals surface area contributed by atoms with E-state index in [9.17, 15) is 13.6 Å². The van der Waals surface area contributed by atoms with E-state index in [-0.39, 0.29) is 23.7 Å². The standard InChI is InChI=1S/C17H15F2N3O2/c18-13-7-11(9-20)8-14(19)16(13)22-5-1-4-15(22)17(23)21-10-12-3-2-6-24-12/h2-3,6-8,15H,1,4-5,10H2,(H,21,23). The van der Waals surface area contributed by atoms with Crippen molar-refractivity contribution in [3.8, 4) is 6.07 Å². The largest absolute Gasteiger partial charge is 0.467 e. The minimum Gasteiger partial charge on any atom is -0.467 e. The molecular formula is C17H15F2N3O2. The van der Waals surface area contributed by atoms with E-state index in [2.05, 4.69) is 5.32 Å². The molecule has 1 unspecified atom stereocenters. The molecule has 1 N–H and O–H groups in total. The zero-order valence-corrected chi connectivity index (χ0v) is 12.8. The van der Waals surface area contributed by atoms with Crippen LogP contribution in [0.5, 0.6) is 0 Å². The van der Waals surface area contributed by atoms with Gasteiger partial charge in [0.2, 0.25) is 5.91 Å². The van der Waals surface area contributed by atoms with Gasteiger partial charge in [-0.15, -0.1) is 0 Å². The van der Waals surface area contributed by atoms with Crippen molar-refractivity contribution in [2.24, 2.45) is 0 Å². The van der Waals surface area contributed by atoms with Crippen molar-refractivity contribution in [3.63, 3.8) is 0 Å². The number of furan rings is 1. The van der Waals surface area contributed by atoms with Crippen LogP contribution < -0.4 is 10.2 Å². The maximum atomic E-state index is 14.2. The van der Waals surface area contributed by atoms with Gasteiger partial charge in [-0.05, 0) is 37.1 Å². The molecule has 1 aromatic carbocycles. The zero-order valence-electron chi connectivity index (χ0n) is 12.8. The van der Waals surface area contributed by atoms with E-state index in [1.165, 1.54) is 11.2 Å². The van der Waals surface area contributed by atoms with E-state index in [1.807, 2.05) is 0 Å². The predicted octanol–water partition coefficient (Wildman–Crippen LogP) is 2.71. The van der Waals surface area contributed by atoms with Crippen LogP contribution in [0.1, 0.15) is 24.2 Å². The Labute approximate surface area is 137 Å². The number of rotatable bonds is 4. The summed E-state index contributed by atoms with van der Waals surface area (Å²) in [6, 6.07) is 6.46. The normalized spacial score (nSPS) is 16.9. The second-order valence-corrected chi connectivity index (χ2v) is 5.55. The lowest BCUT2D eigenvalue weighted by molar-refractivity contribution is -0.122. The van der Waals surface area contributed by atoms with Crippen LogP contribution in [0.15, 0.2) is 34.9 Å². The number of nitrogens with one attached hydrogen (secondary N) is 1. The number of carbonyl (C=O) groups excluding carboxylic acids is 1. The lowest BCUT2D eigenvalue weighted by atomic mass is 10.1. The SMILES string of the molecule is N#Cc1cc(F)c(N2CCCC2C(=O)NCc2ccco2)c(F)c1. The number of amides is 1. The van der Waals surface area contributed by atoms with Crippen molar-refractivity contribution >= 4 is 11.6 Å². The van der Waals surface area contributed by atoms with Crippen molar-refractivity contribution < 1.29 is 18.0 Å². The molecule has 0 spiro atoms. The van der Waals surface area contributed by atoms with Gasteiger partial charge in [-0.3, -0.25) is 4.79 Å². The maximum Gasteiger partial charge on any atom is 0.243 e. The van der Waals surface area contributed by atoms with Crippen molar-refractivity contribution in [2.45, 2.75) is 25.4 Å². The minimum absolute atomic E-state index is 0.0910. The Morgan fingerprint density at radius 3 is 2.79 bits per heavy atom. The van der Waals surface area contributed by atoms with Gasteiger partial charge in [0.15, 0.2) is 11.6 Å². The fourth-order valence-electron chi connectivity index (χ4n) is 2.92. The predicted molar refractivity (Wildman–Crippen MR) is 82.0 cm³/mol. The summed E-state index contributed by atoms with van der Waals surface area (Å²) in [6.07, 6.45) is 2.66. The number of nitriles is 1. The average Bonchev–Trinajstić information content (AvgIpc) is 3.23. The Morgan fingerprint density at radius 1 is 1.42 bits per heavy atom. The third-order valence-electron chi connectivity index (χ3n) is 4.01. The van der Waals surface area contributed by atoms with Crippen molar-refractivity contribution in [1.29, 1.82) is 5.26 Å². The lowest BCUT2D eigenvalue weighted by Crippen LogP contribution is -2.43. The number of carbonyl (C=O) groups is 1. The second kappa shape index (κ2) is 6.71. The van der Waals surface area contributed by atoms with E-state index in [0.29, 0.717) is 25.1 Å². The van der Waals surface area contributed by atoms with Gasteiger partial charge in [-0.2, -0.15) is 5.26 Å². The molecule has 5 nitrogen and oxygen atoms in total. The van der Waals surface area contributed by atoms with Crippen LogP contribution in [-0.4, -0.2) is 18.5 Å². The van der Waals surface area contributed by atoms with E-state index < -0.39 is 17.7 Å². The van der Waals surface area contributed by atoms with Gasteiger partial charge >= 0.3 is 0 Å². The first-order chi connectivity index (χ1) is 11.6. The van der Waals surface area contributed by atoms with Crippen LogP contribution in [0, 0.1) is 23.0 Å². The van der Waals surface area contributed by atoms with Gasteiger partial charge in [-0.1, -0.05) is 0 Å². The highest BCUT2D eigenvalue weighted by Gasteiger charge is 2.34. The maximum absolute atomic E-state index is 14.2. The number of benzene rings is 1. The van der Waals surface area contributed by atoms with Crippen LogP contribution in [0.3, 0.4) is 0 Å². The number of halogens is 2. The molecule has 2 aromatic rings. The van der Waals surface area contributed by atoms with Gasteiger partial charge in [0.25, 0.3) is 0 Å². The van der Waals surface area contributed by atoms with Crippen molar-refractivity contribution in [1.82, 2.24) is 5.32 Å². The Bertz CT molecular complexity index is 761. The van der Waals surface area contributed by atoms with Crippen LogP contribution >= 0.6 is 0 Å². The molecule has 7 heteroatoms. The van der Waals surface area contributed by atoms with E-state index in [1.54, 1.807) is 18.2 Å². The quantitative estimate of drug-likeness (QED) is 0.935. The molecule has 1 aromatic heterocycles. The monoisotopic (exact) mass is 331 g/mol. The number of nitrogens with zero attached hydrogens (tertiary/aromatic N) is 2. The Morgan fingerprint density at radius 2 is 2.17 bits per heavy atom. The summed E-state index contributed by atoms with van der Waals surface area (Å²) < 4.78 is 33.6. The second-order valence-electron chi connectivity index (χ2n) is 5.55. The molecule has 24 heavy (non-hydrogen) atoms. The van der Waals surface area contributed by atoms with Crippen LogP contribution in [0.4, 0.5) is 14.5 Å². The van der Waals surface area contributed by atoms with E-state index in [4.69, 9.17) is 9.68 Å². The molecule has 1 saturated heterocycles. The molecule has 124 valence electrons. The van der Waals surface area contributed by atoms with Gasteiger partial charge in [0, 0.05) is 6.54 Å². The highest BCUT2D eigenvalue weighted by Crippen LogP contribution is 2.31. The first-order valence-electron chi connectivity index (χ1n) is 7.56. The smallest absolute Gasteiger partial charge is 0.243 e.